The number of hydrogen-bond donors (Lipinski definition) is 2. The highest BCUT2D eigenvalue weighted by molar-refractivity contribution is 9.11. The first-order valence-electron chi connectivity index (χ1n) is 5.56. The maximum absolute atomic E-state index is 5.89. The van der Waals surface area contributed by atoms with Crippen molar-refractivity contribution in [1.29, 1.82) is 0 Å². The van der Waals surface area contributed by atoms with Crippen molar-refractivity contribution in [2.24, 2.45) is 5.73 Å². The molecule has 0 spiro atoms. The molecule has 0 atom stereocenters. The molecule has 0 unspecified atom stereocenters. The summed E-state index contributed by atoms with van der Waals surface area (Å²) in [6, 6.07) is 7.90. The van der Waals surface area contributed by atoms with Gasteiger partial charge in [-0.3, -0.25) is 0 Å². The van der Waals surface area contributed by atoms with Crippen molar-refractivity contribution < 1.29 is 0 Å². The van der Waals surface area contributed by atoms with Crippen molar-refractivity contribution >= 4 is 33.1 Å². The number of nitrogens with two attached hydrogens (primary N) is 1. The highest BCUT2D eigenvalue weighted by atomic mass is 79.9. The van der Waals surface area contributed by atoms with Crippen LogP contribution in [0.15, 0.2) is 28.1 Å². The van der Waals surface area contributed by atoms with Crippen molar-refractivity contribution in [2.45, 2.75) is 19.4 Å². The number of nitrogens with zero attached hydrogens (tertiary/aromatic N) is 2. The summed E-state index contributed by atoms with van der Waals surface area (Å²) in [6.07, 6.45) is 0. The summed E-state index contributed by atoms with van der Waals surface area (Å²) in [5.74, 6) is 0.743. The highest BCUT2D eigenvalue weighted by Crippen LogP contribution is 2.29. The molecule has 0 bridgehead atoms. The van der Waals surface area contributed by atoms with E-state index >= 15 is 0 Å². The van der Waals surface area contributed by atoms with Crippen molar-refractivity contribution in [3.05, 3.63) is 28.1 Å². The number of hydrogen-bond acceptors (Lipinski definition) is 5. The molecule has 6 heteroatoms. The lowest BCUT2D eigenvalue weighted by Crippen LogP contribution is -2.39. The summed E-state index contributed by atoms with van der Waals surface area (Å²) in [5.41, 5.74) is 6.51. The van der Waals surface area contributed by atoms with Crippen LogP contribution >= 0.6 is 27.3 Å². The van der Waals surface area contributed by atoms with Crippen LogP contribution in [0.1, 0.15) is 13.8 Å². The quantitative estimate of drug-likeness (QED) is 0.906. The average molecular weight is 327 g/mol. The maximum atomic E-state index is 5.89. The van der Waals surface area contributed by atoms with Crippen LogP contribution in [-0.4, -0.2) is 22.3 Å². The van der Waals surface area contributed by atoms with E-state index in [9.17, 15) is 0 Å². The third-order valence-corrected chi connectivity index (χ3v) is 3.86. The summed E-state index contributed by atoms with van der Waals surface area (Å²) in [6.45, 7) is 4.58. The summed E-state index contributed by atoms with van der Waals surface area (Å²) in [4.78, 5) is 1.10. The second kappa shape index (κ2) is 5.34. The largest absolute Gasteiger partial charge is 0.367 e. The molecule has 4 nitrogen and oxygen atoms in total. The van der Waals surface area contributed by atoms with E-state index in [1.54, 1.807) is 11.3 Å². The normalized spacial score (nSPS) is 11.6. The highest BCUT2D eigenvalue weighted by Gasteiger charge is 2.10. The third-order valence-electron chi connectivity index (χ3n) is 2.22. The zero-order valence-electron chi connectivity index (χ0n) is 10.3. The van der Waals surface area contributed by atoms with Crippen LogP contribution in [0, 0.1) is 0 Å². The minimum absolute atomic E-state index is 0.265. The van der Waals surface area contributed by atoms with Crippen LogP contribution in [0.5, 0.6) is 0 Å². The molecular formula is C12H15BrN4S. The van der Waals surface area contributed by atoms with Crippen molar-refractivity contribution in [3.8, 4) is 10.6 Å². The van der Waals surface area contributed by atoms with E-state index in [0.29, 0.717) is 6.54 Å². The van der Waals surface area contributed by atoms with Crippen LogP contribution in [0.2, 0.25) is 0 Å². The molecule has 0 aliphatic rings. The van der Waals surface area contributed by atoms with Crippen molar-refractivity contribution in [2.75, 3.05) is 11.9 Å². The van der Waals surface area contributed by atoms with E-state index in [0.717, 1.165) is 20.2 Å². The molecule has 3 N–H and O–H groups in total. The van der Waals surface area contributed by atoms with Gasteiger partial charge < -0.3 is 11.1 Å². The summed E-state index contributed by atoms with van der Waals surface area (Å²) in [5, 5.41) is 11.5. The molecule has 2 aromatic rings. The van der Waals surface area contributed by atoms with Crippen LogP contribution in [0.4, 0.5) is 5.82 Å². The van der Waals surface area contributed by atoms with Crippen molar-refractivity contribution in [1.82, 2.24) is 10.2 Å². The molecule has 0 amide bonds. The Labute approximate surface area is 119 Å². The van der Waals surface area contributed by atoms with Crippen LogP contribution < -0.4 is 11.1 Å². The van der Waals surface area contributed by atoms with Crippen LogP contribution in [0.3, 0.4) is 0 Å². The van der Waals surface area contributed by atoms with E-state index in [2.05, 4.69) is 31.4 Å². The van der Waals surface area contributed by atoms with E-state index in [1.165, 1.54) is 0 Å². The van der Waals surface area contributed by atoms with Gasteiger partial charge in [0, 0.05) is 12.1 Å². The Morgan fingerprint density at radius 2 is 2.06 bits per heavy atom. The van der Waals surface area contributed by atoms with E-state index < -0.39 is 0 Å². The number of nitrogens with one attached hydrogen (secondary N) is 1. The Morgan fingerprint density at radius 1 is 1.28 bits per heavy atom. The Morgan fingerprint density at radius 3 is 2.56 bits per heavy atom. The molecule has 0 fully saturated rings. The molecule has 0 aromatic carbocycles. The zero-order chi connectivity index (χ0) is 13.2. The predicted molar refractivity (Wildman–Crippen MR) is 79.8 cm³/mol. The molecule has 2 aromatic heterocycles. The lowest BCUT2D eigenvalue weighted by atomic mass is 10.1. The Kier molecular flexibility index (Phi) is 3.99. The fraction of sp³-hybridized carbons (Fsp3) is 0.333. The molecule has 0 radical (unpaired) electrons. The van der Waals surface area contributed by atoms with Gasteiger partial charge in [0.05, 0.1) is 8.66 Å². The Bertz CT molecular complexity index is 516. The molecule has 96 valence electrons. The molecule has 18 heavy (non-hydrogen) atoms. The smallest absolute Gasteiger partial charge is 0.148 e. The summed E-state index contributed by atoms with van der Waals surface area (Å²) in [7, 11) is 0. The van der Waals surface area contributed by atoms with Crippen LogP contribution in [-0.2, 0) is 0 Å². The first-order chi connectivity index (χ1) is 8.44. The van der Waals surface area contributed by atoms with Gasteiger partial charge in [0.1, 0.15) is 11.5 Å². The lowest BCUT2D eigenvalue weighted by Gasteiger charge is -2.18. The number of rotatable bonds is 4. The third kappa shape index (κ3) is 3.76. The maximum Gasteiger partial charge on any atom is 0.148 e. The predicted octanol–water partition coefficient (Wildman–Crippen LogP) is 3.12. The van der Waals surface area contributed by atoms with Gasteiger partial charge >= 0.3 is 0 Å². The monoisotopic (exact) mass is 326 g/mol. The molecule has 0 aliphatic heterocycles. The molecule has 2 heterocycles. The van der Waals surface area contributed by atoms with Gasteiger partial charge in [0.2, 0.25) is 0 Å². The Balaban J connectivity index is 2.06. The van der Waals surface area contributed by atoms with Crippen LogP contribution in [0.25, 0.3) is 10.6 Å². The topological polar surface area (TPSA) is 63.8 Å². The molecular weight excluding hydrogens is 312 g/mol. The van der Waals surface area contributed by atoms with Gasteiger partial charge in [0.15, 0.2) is 0 Å². The van der Waals surface area contributed by atoms with Gasteiger partial charge in [-0.05, 0) is 54.0 Å². The minimum Gasteiger partial charge on any atom is -0.367 e. The van der Waals surface area contributed by atoms with Crippen molar-refractivity contribution in [3.63, 3.8) is 0 Å². The van der Waals surface area contributed by atoms with Gasteiger partial charge in [-0.25, -0.2) is 0 Å². The summed E-state index contributed by atoms with van der Waals surface area (Å²) < 4.78 is 1.09. The summed E-state index contributed by atoms with van der Waals surface area (Å²) >= 11 is 5.07. The second-order valence-corrected chi connectivity index (χ2v) is 7.21. The number of aromatic nitrogens is 2. The van der Waals surface area contributed by atoms with E-state index in [1.807, 2.05) is 38.1 Å². The molecule has 2 rings (SSSR count). The van der Waals surface area contributed by atoms with Gasteiger partial charge in [-0.1, -0.05) is 0 Å². The fourth-order valence-electron chi connectivity index (χ4n) is 1.33. The van der Waals surface area contributed by atoms with Gasteiger partial charge in [0.25, 0.3) is 0 Å². The molecule has 0 saturated carbocycles. The first-order valence-corrected chi connectivity index (χ1v) is 7.17. The van der Waals surface area contributed by atoms with E-state index in [4.69, 9.17) is 5.73 Å². The number of halogens is 1. The zero-order valence-corrected chi connectivity index (χ0v) is 12.7. The molecule has 0 aliphatic carbocycles. The average Bonchev–Trinajstić information content (AvgIpc) is 2.73. The second-order valence-electron chi connectivity index (χ2n) is 4.75. The number of thiophene rings is 1. The lowest BCUT2D eigenvalue weighted by molar-refractivity contribution is 0.548. The molecule has 0 saturated heterocycles. The van der Waals surface area contributed by atoms with Gasteiger partial charge in [-0.15, -0.1) is 21.5 Å². The first kappa shape index (κ1) is 13.5. The Hall–Kier alpha value is -0.980. The fourth-order valence-corrected chi connectivity index (χ4v) is 2.68. The minimum atomic E-state index is -0.265. The standard InChI is InChI=1S/C12H15BrN4S/c1-12(2,14)7-15-11-6-3-8(16-17-11)9-4-5-10(13)18-9/h3-6H,7,14H2,1-2H3,(H,15,17). The van der Waals surface area contributed by atoms with Gasteiger partial charge in [-0.2, -0.15) is 0 Å². The number of anilines is 1. The SMILES string of the molecule is CC(C)(N)CNc1ccc(-c2ccc(Br)s2)nn1. The van der Waals surface area contributed by atoms with E-state index in [-0.39, 0.29) is 5.54 Å².